The molecule has 0 spiro atoms. The van der Waals surface area contributed by atoms with Crippen LogP contribution in [0.1, 0.15) is 49.7 Å². The molecule has 0 radical (unpaired) electrons. The molecule has 0 bridgehead atoms. The van der Waals surface area contributed by atoms with Gasteiger partial charge in [-0.2, -0.15) is 0 Å². The van der Waals surface area contributed by atoms with Gasteiger partial charge in [0.2, 0.25) is 0 Å². The van der Waals surface area contributed by atoms with Crippen molar-refractivity contribution in [2.45, 2.75) is 44.6 Å². The number of carbonyl (C=O) groups is 1. The van der Waals surface area contributed by atoms with E-state index in [0.29, 0.717) is 17.4 Å². The van der Waals surface area contributed by atoms with Crippen molar-refractivity contribution in [3.05, 3.63) is 66.0 Å². The van der Waals surface area contributed by atoms with E-state index in [-0.39, 0.29) is 6.04 Å². The van der Waals surface area contributed by atoms with Gasteiger partial charge in [-0.15, -0.1) is 0 Å². The number of carbonyl (C=O) groups excluding carboxylic acids is 1. The molecule has 0 aliphatic heterocycles. The molecule has 1 heterocycles. The van der Waals surface area contributed by atoms with Crippen LogP contribution in [-0.2, 0) is 0 Å². The Morgan fingerprint density at radius 3 is 2.42 bits per heavy atom. The summed E-state index contributed by atoms with van der Waals surface area (Å²) in [5, 5.41) is 10.1. The molecule has 0 fully saturated rings. The molecule has 0 saturated carbocycles. The van der Waals surface area contributed by atoms with Crippen molar-refractivity contribution in [2.24, 2.45) is 5.73 Å². The molecule has 5 heteroatoms. The van der Waals surface area contributed by atoms with Gasteiger partial charge in [0, 0.05) is 18.3 Å². The molecule has 0 saturated heterocycles. The number of nitrogens with two attached hydrogens (primary N) is 1. The summed E-state index contributed by atoms with van der Waals surface area (Å²) in [5.41, 5.74) is 7.55. The maximum Gasteiger partial charge on any atom is 0.338 e. The lowest BCUT2D eigenvalue weighted by Crippen LogP contribution is -2.39. The van der Waals surface area contributed by atoms with Gasteiger partial charge < -0.3 is 5.73 Å². The number of unbranched alkanes of at least 4 members (excludes halogenated alkanes) is 1. The molecule has 2 amide bonds. The average Bonchev–Trinajstić information content (AvgIpc) is 2.62. The fourth-order valence-corrected chi connectivity index (χ4v) is 2.92. The van der Waals surface area contributed by atoms with Gasteiger partial charge >= 0.3 is 6.03 Å². The van der Waals surface area contributed by atoms with Crippen molar-refractivity contribution >= 4 is 6.03 Å². The number of pyridine rings is 1. The fraction of sp³-hybridized carbons (Fsp3) is 0.368. The zero-order valence-corrected chi connectivity index (χ0v) is 14.0. The van der Waals surface area contributed by atoms with Crippen molar-refractivity contribution in [1.82, 2.24) is 10.0 Å². The lowest BCUT2D eigenvalue weighted by molar-refractivity contribution is -0.0720. The standard InChI is InChI=1S/C19H25N3O2/c1-15(22(24)19(20)23)8-5-6-12-18(16-9-3-2-4-10-16)17-11-7-13-21-14-17/h2-4,7,9-11,13-15,18,24H,5-6,8,12H2,1H3,(H2,20,23). The Kier molecular flexibility index (Phi) is 6.75. The third-order valence-electron chi connectivity index (χ3n) is 4.30. The smallest absolute Gasteiger partial charge is 0.338 e. The molecule has 24 heavy (non-hydrogen) atoms. The first kappa shape index (κ1) is 17.9. The van der Waals surface area contributed by atoms with Crippen LogP contribution in [0.25, 0.3) is 0 Å². The van der Waals surface area contributed by atoms with E-state index in [1.165, 1.54) is 11.1 Å². The van der Waals surface area contributed by atoms with Crippen LogP contribution < -0.4 is 5.73 Å². The van der Waals surface area contributed by atoms with E-state index in [1.807, 2.05) is 18.3 Å². The first-order valence-corrected chi connectivity index (χ1v) is 8.32. The number of urea groups is 1. The summed E-state index contributed by atoms with van der Waals surface area (Å²) in [7, 11) is 0. The molecule has 2 unspecified atom stereocenters. The summed E-state index contributed by atoms with van der Waals surface area (Å²) in [5.74, 6) is 0.302. The van der Waals surface area contributed by atoms with Gasteiger partial charge in [-0.25, -0.2) is 9.86 Å². The maximum absolute atomic E-state index is 10.9. The highest BCUT2D eigenvalue weighted by Crippen LogP contribution is 2.29. The highest BCUT2D eigenvalue weighted by atomic mass is 16.5. The summed E-state index contributed by atoms with van der Waals surface area (Å²) < 4.78 is 0. The van der Waals surface area contributed by atoms with Crippen LogP contribution >= 0.6 is 0 Å². The van der Waals surface area contributed by atoms with Crippen molar-refractivity contribution < 1.29 is 10.0 Å². The van der Waals surface area contributed by atoms with Crippen molar-refractivity contribution in [1.29, 1.82) is 0 Å². The number of hydrogen-bond acceptors (Lipinski definition) is 3. The minimum absolute atomic E-state index is 0.268. The Morgan fingerprint density at radius 2 is 1.79 bits per heavy atom. The second-order valence-corrected chi connectivity index (χ2v) is 6.07. The number of rotatable bonds is 8. The van der Waals surface area contributed by atoms with Gasteiger partial charge in [-0.3, -0.25) is 10.2 Å². The molecular formula is C19H25N3O2. The summed E-state index contributed by atoms with van der Waals surface area (Å²) in [6.07, 6.45) is 7.31. The normalized spacial score (nSPS) is 13.2. The van der Waals surface area contributed by atoms with E-state index >= 15 is 0 Å². The van der Waals surface area contributed by atoms with Gasteiger partial charge in [-0.1, -0.05) is 49.2 Å². The molecule has 5 nitrogen and oxygen atoms in total. The predicted molar refractivity (Wildman–Crippen MR) is 93.7 cm³/mol. The summed E-state index contributed by atoms with van der Waals surface area (Å²) in [4.78, 5) is 15.2. The second-order valence-electron chi connectivity index (χ2n) is 6.07. The molecule has 1 aromatic carbocycles. The molecule has 0 aliphatic rings. The first-order chi connectivity index (χ1) is 11.6. The summed E-state index contributed by atoms with van der Waals surface area (Å²) >= 11 is 0. The van der Waals surface area contributed by atoms with Crippen LogP contribution in [0.15, 0.2) is 54.9 Å². The summed E-state index contributed by atoms with van der Waals surface area (Å²) in [6.45, 7) is 1.79. The lowest BCUT2D eigenvalue weighted by Gasteiger charge is -2.21. The molecule has 128 valence electrons. The fourth-order valence-electron chi connectivity index (χ4n) is 2.92. The minimum atomic E-state index is -0.806. The average molecular weight is 327 g/mol. The topological polar surface area (TPSA) is 79.4 Å². The van der Waals surface area contributed by atoms with Crippen molar-refractivity contribution in [2.75, 3.05) is 0 Å². The number of benzene rings is 1. The van der Waals surface area contributed by atoms with Gasteiger partial charge in [0.1, 0.15) is 0 Å². The molecule has 3 N–H and O–H groups in total. The van der Waals surface area contributed by atoms with E-state index in [0.717, 1.165) is 19.3 Å². The van der Waals surface area contributed by atoms with Crippen LogP contribution in [-0.4, -0.2) is 27.3 Å². The number of hydroxylamine groups is 2. The number of hydrogen-bond donors (Lipinski definition) is 2. The Balaban J connectivity index is 1.94. The van der Waals surface area contributed by atoms with Crippen LogP contribution in [0.4, 0.5) is 4.79 Å². The number of amides is 2. The van der Waals surface area contributed by atoms with Crippen molar-refractivity contribution in [3.8, 4) is 0 Å². The Hall–Kier alpha value is -2.40. The highest BCUT2D eigenvalue weighted by Gasteiger charge is 2.16. The van der Waals surface area contributed by atoms with Crippen LogP contribution in [0, 0.1) is 0 Å². The predicted octanol–water partition coefficient (Wildman–Crippen LogP) is 3.93. The molecule has 2 atom stereocenters. The van der Waals surface area contributed by atoms with Crippen LogP contribution in [0.3, 0.4) is 0 Å². The van der Waals surface area contributed by atoms with Gasteiger partial charge in [0.15, 0.2) is 0 Å². The van der Waals surface area contributed by atoms with Gasteiger partial charge in [0.05, 0.1) is 6.04 Å². The minimum Gasteiger partial charge on any atom is -0.350 e. The molecule has 2 rings (SSSR count). The highest BCUT2D eigenvalue weighted by molar-refractivity contribution is 5.70. The van der Waals surface area contributed by atoms with Crippen LogP contribution in [0.5, 0.6) is 0 Å². The largest absolute Gasteiger partial charge is 0.350 e. The SMILES string of the molecule is CC(CCCCC(c1ccccc1)c1cccnc1)N(O)C(N)=O. The maximum atomic E-state index is 10.9. The molecular weight excluding hydrogens is 302 g/mol. The Morgan fingerprint density at radius 1 is 1.12 bits per heavy atom. The van der Waals surface area contributed by atoms with E-state index < -0.39 is 6.03 Å². The number of aromatic nitrogens is 1. The Bertz CT molecular complexity index is 580. The lowest BCUT2D eigenvalue weighted by atomic mass is 9.87. The monoisotopic (exact) mass is 327 g/mol. The zero-order valence-electron chi connectivity index (χ0n) is 14.0. The molecule has 0 aliphatic carbocycles. The summed E-state index contributed by atoms with van der Waals surface area (Å²) in [6, 6.07) is 13.4. The third-order valence-corrected chi connectivity index (χ3v) is 4.30. The van der Waals surface area contributed by atoms with Gasteiger partial charge in [0.25, 0.3) is 0 Å². The van der Waals surface area contributed by atoms with Gasteiger partial charge in [-0.05, 0) is 37.0 Å². The van der Waals surface area contributed by atoms with Crippen LogP contribution in [0.2, 0.25) is 0 Å². The molecule has 2 aromatic rings. The van der Waals surface area contributed by atoms with E-state index in [4.69, 9.17) is 5.73 Å². The number of nitrogens with zero attached hydrogens (tertiary/aromatic N) is 2. The first-order valence-electron chi connectivity index (χ1n) is 8.32. The zero-order chi connectivity index (χ0) is 17.4. The third kappa shape index (κ3) is 5.06. The molecule has 1 aromatic heterocycles. The van der Waals surface area contributed by atoms with E-state index in [9.17, 15) is 10.0 Å². The van der Waals surface area contributed by atoms with E-state index in [2.05, 4.69) is 35.3 Å². The Labute approximate surface area is 143 Å². The second kappa shape index (κ2) is 9.03. The van der Waals surface area contributed by atoms with Crippen molar-refractivity contribution in [3.63, 3.8) is 0 Å². The number of primary amides is 1. The quantitative estimate of drug-likeness (QED) is 0.438. The van der Waals surface area contributed by atoms with E-state index in [1.54, 1.807) is 13.1 Å².